The van der Waals surface area contributed by atoms with E-state index in [1.807, 2.05) is 0 Å². The first-order valence-corrected chi connectivity index (χ1v) is 5.70. The fourth-order valence-corrected chi connectivity index (χ4v) is 1.53. The minimum atomic E-state index is -0.317. The quantitative estimate of drug-likeness (QED) is 0.631. The van der Waals surface area contributed by atoms with E-state index in [0.29, 0.717) is 10.7 Å². The molecule has 16 heavy (non-hydrogen) atoms. The van der Waals surface area contributed by atoms with Crippen molar-refractivity contribution in [3.05, 3.63) is 10.6 Å². The largest absolute Gasteiger partial charge is 0.468 e. The van der Waals surface area contributed by atoms with Gasteiger partial charge in [-0.15, -0.1) is 0 Å². The molecule has 1 rings (SSSR count). The molecular formula is C10H17N3O2S. The molecule has 0 amide bonds. The van der Waals surface area contributed by atoms with Gasteiger partial charge in [-0.2, -0.15) is 5.10 Å². The van der Waals surface area contributed by atoms with Crippen molar-refractivity contribution in [3.8, 4) is 0 Å². The minimum Gasteiger partial charge on any atom is -0.468 e. The standard InChI is InChI=1S/C10H17N3O2S/c1-4-7(2)5-8-11-12-10(16)13(8)6-9(14)15-3/h7H,4-6H2,1-3H3,(H,12,16). The summed E-state index contributed by atoms with van der Waals surface area (Å²) in [4.78, 5) is 11.2. The molecule has 0 fully saturated rings. The lowest BCUT2D eigenvalue weighted by atomic mass is 10.1. The highest BCUT2D eigenvalue weighted by Gasteiger charge is 2.12. The van der Waals surface area contributed by atoms with E-state index in [1.54, 1.807) is 4.57 Å². The van der Waals surface area contributed by atoms with Crippen molar-refractivity contribution in [1.29, 1.82) is 0 Å². The van der Waals surface area contributed by atoms with Gasteiger partial charge in [0.2, 0.25) is 0 Å². The first-order chi connectivity index (χ1) is 7.58. The van der Waals surface area contributed by atoms with Gasteiger partial charge in [-0.25, -0.2) is 0 Å². The molecule has 1 atom stereocenters. The van der Waals surface area contributed by atoms with Gasteiger partial charge in [-0.05, 0) is 18.1 Å². The number of methoxy groups -OCH3 is 1. The molecule has 1 unspecified atom stereocenters. The number of aromatic nitrogens is 3. The average Bonchev–Trinajstić information content (AvgIpc) is 2.61. The summed E-state index contributed by atoms with van der Waals surface area (Å²) in [7, 11) is 1.36. The number of H-pyrrole nitrogens is 1. The zero-order valence-corrected chi connectivity index (χ0v) is 10.6. The van der Waals surface area contributed by atoms with E-state index in [-0.39, 0.29) is 12.5 Å². The van der Waals surface area contributed by atoms with Crippen LogP contribution in [0.3, 0.4) is 0 Å². The van der Waals surface area contributed by atoms with Crippen molar-refractivity contribution in [1.82, 2.24) is 14.8 Å². The Morgan fingerprint density at radius 1 is 1.69 bits per heavy atom. The third kappa shape index (κ3) is 3.16. The van der Waals surface area contributed by atoms with Gasteiger partial charge in [0.15, 0.2) is 4.77 Å². The summed E-state index contributed by atoms with van der Waals surface area (Å²) >= 11 is 5.07. The summed E-state index contributed by atoms with van der Waals surface area (Å²) in [6, 6.07) is 0. The highest BCUT2D eigenvalue weighted by molar-refractivity contribution is 7.71. The van der Waals surface area contributed by atoms with Crippen LogP contribution in [0, 0.1) is 10.7 Å². The molecule has 0 aliphatic carbocycles. The number of hydrogen-bond donors (Lipinski definition) is 1. The average molecular weight is 243 g/mol. The summed E-state index contributed by atoms with van der Waals surface area (Å²) < 4.78 is 6.77. The summed E-state index contributed by atoms with van der Waals surface area (Å²) in [6.07, 6.45) is 1.87. The molecule has 1 aromatic rings. The molecule has 90 valence electrons. The number of esters is 1. The maximum Gasteiger partial charge on any atom is 0.325 e. The predicted octanol–water partition coefficient (Wildman–Crippen LogP) is 1.70. The maximum absolute atomic E-state index is 11.2. The van der Waals surface area contributed by atoms with Crippen molar-refractivity contribution >= 4 is 18.2 Å². The lowest BCUT2D eigenvalue weighted by molar-refractivity contribution is -0.141. The third-order valence-electron chi connectivity index (χ3n) is 2.58. The van der Waals surface area contributed by atoms with Crippen molar-refractivity contribution < 1.29 is 9.53 Å². The molecule has 0 radical (unpaired) electrons. The zero-order valence-electron chi connectivity index (χ0n) is 9.82. The Bertz CT molecular complexity index is 410. The fourth-order valence-electron chi connectivity index (χ4n) is 1.32. The monoisotopic (exact) mass is 243 g/mol. The molecule has 0 aromatic carbocycles. The highest BCUT2D eigenvalue weighted by atomic mass is 32.1. The normalized spacial score (nSPS) is 12.4. The molecule has 1 heterocycles. The van der Waals surface area contributed by atoms with E-state index in [1.165, 1.54) is 7.11 Å². The van der Waals surface area contributed by atoms with Crippen molar-refractivity contribution in [2.45, 2.75) is 33.2 Å². The van der Waals surface area contributed by atoms with Crippen LogP contribution in [-0.4, -0.2) is 27.8 Å². The molecule has 5 nitrogen and oxygen atoms in total. The molecule has 0 aliphatic rings. The van der Waals surface area contributed by atoms with E-state index < -0.39 is 0 Å². The lowest BCUT2D eigenvalue weighted by Crippen LogP contribution is -2.15. The molecule has 0 bridgehead atoms. The second-order valence-corrected chi connectivity index (χ2v) is 4.21. The van der Waals surface area contributed by atoms with Gasteiger partial charge in [-0.1, -0.05) is 20.3 Å². The van der Waals surface area contributed by atoms with Gasteiger partial charge < -0.3 is 4.74 Å². The number of carbonyl (C=O) groups is 1. The van der Waals surface area contributed by atoms with Crippen molar-refractivity contribution in [2.24, 2.45) is 5.92 Å². The Morgan fingerprint density at radius 2 is 2.38 bits per heavy atom. The van der Waals surface area contributed by atoms with E-state index >= 15 is 0 Å². The summed E-state index contributed by atoms with van der Waals surface area (Å²) in [6.45, 7) is 4.38. The van der Waals surface area contributed by atoms with Crippen molar-refractivity contribution in [2.75, 3.05) is 7.11 Å². The molecule has 6 heteroatoms. The molecule has 0 spiro atoms. The first-order valence-electron chi connectivity index (χ1n) is 5.29. The van der Waals surface area contributed by atoms with Crippen LogP contribution in [0.25, 0.3) is 0 Å². The van der Waals surface area contributed by atoms with Crippen LogP contribution >= 0.6 is 12.2 Å². The number of nitrogens with one attached hydrogen (secondary N) is 1. The summed E-state index contributed by atoms with van der Waals surface area (Å²) in [5.74, 6) is 1.01. The topological polar surface area (TPSA) is 59.9 Å². The lowest BCUT2D eigenvalue weighted by Gasteiger charge is -2.09. The number of nitrogens with zero attached hydrogens (tertiary/aromatic N) is 2. The van der Waals surface area contributed by atoms with Gasteiger partial charge in [0.05, 0.1) is 7.11 Å². The summed E-state index contributed by atoms with van der Waals surface area (Å²) in [5.41, 5.74) is 0. The number of ether oxygens (including phenoxy) is 1. The third-order valence-corrected chi connectivity index (χ3v) is 2.89. The number of rotatable bonds is 5. The predicted molar refractivity (Wildman–Crippen MR) is 62.6 cm³/mol. The van der Waals surface area contributed by atoms with Gasteiger partial charge in [0, 0.05) is 6.42 Å². The molecule has 0 saturated heterocycles. The van der Waals surface area contributed by atoms with E-state index in [2.05, 4.69) is 28.8 Å². The molecular weight excluding hydrogens is 226 g/mol. The Kier molecular flexibility index (Phi) is 4.67. The van der Waals surface area contributed by atoms with Gasteiger partial charge >= 0.3 is 5.97 Å². The van der Waals surface area contributed by atoms with E-state index in [0.717, 1.165) is 18.7 Å². The van der Waals surface area contributed by atoms with Crippen LogP contribution in [0.1, 0.15) is 26.1 Å². The van der Waals surface area contributed by atoms with Crippen LogP contribution in [0.15, 0.2) is 0 Å². The molecule has 1 N–H and O–H groups in total. The highest BCUT2D eigenvalue weighted by Crippen LogP contribution is 2.10. The van der Waals surface area contributed by atoms with Crippen LogP contribution in [0.5, 0.6) is 0 Å². The smallest absolute Gasteiger partial charge is 0.325 e. The fraction of sp³-hybridized carbons (Fsp3) is 0.700. The number of aromatic amines is 1. The van der Waals surface area contributed by atoms with Gasteiger partial charge in [-0.3, -0.25) is 14.5 Å². The zero-order chi connectivity index (χ0) is 12.1. The van der Waals surface area contributed by atoms with Crippen LogP contribution in [0.4, 0.5) is 0 Å². The van der Waals surface area contributed by atoms with Crippen LogP contribution in [-0.2, 0) is 22.5 Å². The SMILES string of the molecule is CCC(C)Cc1n[nH]c(=S)n1CC(=O)OC. The van der Waals surface area contributed by atoms with Gasteiger partial charge in [0.1, 0.15) is 12.4 Å². The Balaban J connectivity index is 2.85. The molecule has 0 aliphatic heterocycles. The molecule has 1 aromatic heterocycles. The van der Waals surface area contributed by atoms with Crippen LogP contribution in [0.2, 0.25) is 0 Å². The Labute approximate surface area is 99.8 Å². The maximum atomic E-state index is 11.2. The number of carbonyl (C=O) groups excluding carboxylic acids is 1. The van der Waals surface area contributed by atoms with E-state index in [9.17, 15) is 4.79 Å². The van der Waals surface area contributed by atoms with Crippen molar-refractivity contribution in [3.63, 3.8) is 0 Å². The summed E-state index contributed by atoms with van der Waals surface area (Å²) in [5, 5.41) is 6.83. The second kappa shape index (κ2) is 5.79. The van der Waals surface area contributed by atoms with Gasteiger partial charge in [0.25, 0.3) is 0 Å². The van der Waals surface area contributed by atoms with E-state index in [4.69, 9.17) is 12.2 Å². The number of hydrogen-bond acceptors (Lipinski definition) is 4. The van der Waals surface area contributed by atoms with Crippen LogP contribution < -0.4 is 0 Å². The Hall–Kier alpha value is -1.17. The first kappa shape index (κ1) is 12.9. The second-order valence-electron chi connectivity index (χ2n) is 3.82. The molecule has 0 saturated carbocycles. The Morgan fingerprint density at radius 3 is 2.94 bits per heavy atom. The minimum absolute atomic E-state index is 0.123.